The molecule has 6 nitrogen and oxygen atoms in total. The van der Waals surface area contributed by atoms with Crippen molar-refractivity contribution in [1.82, 2.24) is 9.97 Å². The SMILES string of the molecule is COc1ccc2oc(=N)c(-c3nc4ccccc4c(=O)[nH]3)cc2c1. The van der Waals surface area contributed by atoms with Crippen molar-refractivity contribution in [1.29, 1.82) is 5.41 Å². The Labute approximate surface area is 135 Å². The molecule has 118 valence electrons. The monoisotopic (exact) mass is 319 g/mol. The molecular formula is C18H13N3O3. The fourth-order valence-electron chi connectivity index (χ4n) is 2.64. The molecule has 0 saturated carbocycles. The molecular weight excluding hydrogens is 306 g/mol. The summed E-state index contributed by atoms with van der Waals surface area (Å²) in [7, 11) is 1.58. The van der Waals surface area contributed by atoms with Gasteiger partial charge < -0.3 is 14.1 Å². The standard InChI is InChI=1S/C18H13N3O3/c1-23-11-6-7-15-10(8-11)9-13(16(19)24-15)17-20-14-5-3-2-4-12(14)18(22)21-17/h2-9,19H,1H3,(H,20,21,22). The molecule has 2 aromatic carbocycles. The summed E-state index contributed by atoms with van der Waals surface area (Å²) in [5.74, 6) is 0.985. The van der Waals surface area contributed by atoms with Crippen molar-refractivity contribution in [2.75, 3.05) is 7.11 Å². The number of hydrogen-bond acceptors (Lipinski definition) is 5. The van der Waals surface area contributed by atoms with Crippen molar-refractivity contribution in [2.45, 2.75) is 0 Å². The van der Waals surface area contributed by atoms with Crippen molar-refractivity contribution < 1.29 is 9.15 Å². The van der Waals surface area contributed by atoms with E-state index in [9.17, 15) is 4.79 Å². The number of nitrogens with one attached hydrogen (secondary N) is 2. The van der Waals surface area contributed by atoms with Crippen LogP contribution < -0.4 is 15.9 Å². The summed E-state index contributed by atoms with van der Waals surface area (Å²) in [5.41, 5.74) is 1.24. The number of benzene rings is 2. The molecule has 0 radical (unpaired) electrons. The van der Waals surface area contributed by atoms with E-state index in [1.807, 2.05) is 6.07 Å². The van der Waals surface area contributed by atoms with Crippen LogP contribution in [0.4, 0.5) is 0 Å². The Kier molecular flexibility index (Phi) is 3.16. The van der Waals surface area contributed by atoms with Crippen molar-refractivity contribution in [2.24, 2.45) is 0 Å². The zero-order valence-corrected chi connectivity index (χ0v) is 12.8. The molecule has 0 aliphatic heterocycles. The van der Waals surface area contributed by atoms with E-state index in [1.54, 1.807) is 49.6 Å². The summed E-state index contributed by atoms with van der Waals surface area (Å²) in [6.45, 7) is 0. The van der Waals surface area contributed by atoms with Crippen LogP contribution >= 0.6 is 0 Å². The Bertz CT molecular complexity index is 1190. The number of hydrogen-bond donors (Lipinski definition) is 2. The average molecular weight is 319 g/mol. The van der Waals surface area contributed by atoms with E-state index in [0.717, 1.165) is 5.39 Å². The van der Waals surface area contributed by atoms with E-state index in [1.165, 1.54) is 0 Å². The maximum Gasteiger partial charge on any atom is 0.259 e. The van der Waals surface area contributed by atoms with Crippen LogP contribution in [0.1, 0.15) is 0 Å². The third-order valence-electron chi connectivity index (χ3n) is 3.84. The Balaban J connectivity index is 2.00. The van der Waals surface area contributed by atoms with Crippen molar-refractivity contribution in [3.8, 4) is 17.1 Å². The van der Waals surface area contributed by atoms with Gasteiger partial charge in [0.1, 0.15) is 17.2 Å². The number of para-hydroxylation sites is 1. The summed E-state index contributed by atoms with van der Waals surface area (Å²) in [6.07, 6.45) is 0. The van der Waals surface area contributed by atoms with Gasteiger partial charge in [0.25, 0.3) is 5.56 Å². The molecule has 2 N–H and O–H groups in total. The third-order valence-corrected chi connectivity index (χ3v) is 3.84. The first-order valence-corrected chi connectivity index (χ1v) is 7.31. The highest BCUT2D eigenvalue weighted by Crippen LogP contribution is 2.23. The largest absolute Gasteiger partial charge is 0.497 e. The third kappa shape index (κ3) is 2.25. The molecule has 2 aromatic heterocycles. The molecule has 6 heteroatoms. The lowest BCUT2D eigenvalue weighted by atomic mass is 10.1. The molecule has 0 unspecified atom stereocenters. The molecule has 0 bridgehead atoms. The minimum atomic E-state index is -0.249. The van der Waals surface area contributed by atoms with Crippen LogP contribution in [0.2, 0.25) is 0 Å². The number of aromatic amines is 1. The quantitative estimate of drug-likeness (QED) is 0.594. The second kappa shape index (κ2) is 5.34. The van der Waals surface area contributed by atoms with Crippen LogP contribution in [0, 0.1) is 5.41 Å². The van der Waals surface area contributed by atoms with Crippen molar-refractivity contribution in [3.63, 3.8) is 0 Å². The van der Waals surface area contributed by atoms with E-state index in [0.29, 0.717) is 33.6 Å². The summed E-state index contributed by atoms with van der Waals surface area (Å²) in [6, 6.07) is 14.1. The Hall–Kier alpha value is -3.41. The molecule has 4 rings (SSSR count). The van der Waals surface area contributed by atoms with Gasteiger partial charge in [-0.15, -0.1) is 0 Å². The topological polar surface area (TPSA) is 92.0 Å². The lowest BCUT2D eigenvalue weighted by molar-refractivity contribution is 0.415. The van der Waals surface area contributed by atoms with Gasteiger partial charge in [0, 0.05) is 5.39 Å². The molecule has 2 heterocycles. The minimum Gasteiger partial charge on any atom is -0.497 e. The predicted molar refractivity (Wildman–Crippen MR) is 90.0 cm³/mol. The summed E-state index contributed by atoms with van der Waals surface area (Å²) >= 11 is 0. The van der Waals surface area contributed by atoms with Crippen LogP contribution in [-0.2, 0) is 0 Å². The van der Waals surface area contributed by atoms with Gasteiger partial charge in [0.15, 0.2) is 0 Å². The first kappa shape index (κ1) is 14.2. The first-order chi connectivity index (χ1) is 11.7. The van der Waals surface area contributed by atoms with E-state index >= 15 is 0 Å². The minimum absolute atomic E-state index is 0.0638. The maximum absolute atomic E-state index is 12.2. The summed E-state index contributed by atoms with van der Waals surface area (Å²) in [5, 5.41) is 9.37. The van der Waals surface area contributed by atoms with E-state index in [2.05, 4.69) is 9.97 Å². The highest BCUT2D eigenvalue weighted by Gasteiger charge is 2.11. The van der Waals surface area contributed by atoms with Gasteiger partial charge in [0.2, 0.25) is 5.55 Å². The van der Waals surface area contributed by atoms with Crippen molar-refractivity contribution in [3.05, 3.63) is 64.4 Å². The second-order valence-corrected chi connectivity index (χ2v) is 5.32. The highest BCUT2D eigenvalue weighted by atomic mass is 16.5. The zero-order chi connectivity index (χ0) is 16.7. The maximum atomic E-state index is 12.2. The Morgan fingerprint density at radius 1 is 1.17 bits per heavy atom. The van der Waals surface area contributed by atoms with Gasteiger partial charge >= 0.3 is 0 Å². The molecule has 0 aliphatic carbocycles. The second-order valence-electron chi connectivity index (χ2n) is 5.32. The number of aromatic nitrogens is 2. The Morgan fingerprint density at radius 3 is 2.83 bits per heavy atom. The fraction of sp³-hybridized carbons (Fsp3) is 0.0556. The van der Waals surface area contributed by atoms with Crippen LogP contribution in [0.5, 0.6) is 5.75 Å². The molecule has 0 atom stereocenters. The zero-order valence-electron chi connectivity index (χ0n) is 12.8. The molecule has 0 spiro atoms. The normalized spacial score (nSPS) is 11.0. The Morgan fingerprint density at radius 2 is 2.00 bits per heavy atom. The molecule has 0 saturated heterocycles. The number of H-pyrrole nitrogens is 1. The van der Waals surface area contributed by atoms with Crippen LogP contribution in [0.3, 0.4) is 0 Å². The van der Waals surface area contributed by atoms with Gasteiger partial charge in [-0.05, 0) is 36.4 Å². The van der Waals surface area contributed by atoms with Gasteiger partial charge in [-0.1, -0.05) is 12.1 Å². The lowest BCUT2D eigenvalue weighted by Gasteiger charge is -2.06. The van der Waals surface area contributed by atoms with Crippen LogP contribution in [-0.4, -0.2) is 17.1 Å². The number of fused-ring (bicyclic) bond motifs is 2. The van der Waals surface area contributed by atoms with Crippen LogP contribution in [0.15, 0.2) is 57.7 Å². The van der Waals surface area contributed by atoms with Gasteiger partial charge in [-0.3, -0.25) is 10.2 Å². The van der Waals surface area contributed by atoms with Crippen LogP contribution in [0.25, 0.3) is 33.3 Å². The highest BCUT2D eigenvalue weighted by molar-refractivity contribution is 5.83. The predicted octanol–water partition coefficient (Wildman–Crippen LogP) is 2.82. The molecule has 0 amide bonds. The van der Waals surface area contributed by atoms with Crippen molar-refractivity contribution >= 4 is 21.9 Å². The van der Waals surface area contributed by atoms with E-state index in [-0.39, 0.29) is 11.1 Å². The number of ether oxygens (including phenoxy) is 1. The molecule has 0 fully saturated rings. The van der Waals surface area contributed by atoms with Gasteiger partial charge in [-0.2, -0.15) is 0 Å². The van der Waals surface area contributed by atoms with E-state index < -0.39 is 0 Å². The van der Waals surface area contributed by atoms with E-state index in [4.69, 9.17) is 14.6 Å². The summed E-state index contributed by atoms with van der Waals surface area (Å²) < 4.78 is 10.8. The number of rotatable bonds is 2. The van der Waals surface area contributed by atoms with Gasteiger partial charge in [-0.25, -0.2) is 4.98 Å². The molecule has 24 heavy (non-hydrogen) atoms. The molecule has 0 aliphatic rings. The number of nitrogens with zero attached hydrogens (tertiary/aromatic N) is 1. The summed E-state index contributed by atoms with van der Waals surface area (Å²) in [4.78, 5) is 19.4. The average Bonchev–Trinajstić information content (AvgIpc) is 2.60. The lowest BCUT2D eigenvalue weighted by Crippen LogP contribution is -2.13. The first-order valence-electron chi connectivity index (χ1n) is 7.31. The number of methoxy groups -OCH3 is 1. The fourth-order valence-corrected chi connectivity index (χ4v) is 2.64. The van der Waals surface area contributed by atoms with Gasteiger partial charge in [0.05, 0.1) is 23.6 Å². The smallest absolute Gasteiger partial charge is 0.259 e. The molecule has 4 aromatic rings.